The van der Waals surface area contributed by atoms with Crippen LogP contribution in [-0.2, 0) is 11.3 Å². The minimum atomic E-state index is 0.105. The van der Waals surface area contributed by atoms with Crippen molar-refractivity contribution >= 4 is 22.6 Å². The van der Waals surface area contributed by atoms with E-state index in [1.165, 1.54) is 16.0 Å². The second-order valence-corrected chi connectivity index (χ2v) is 6.81. The number of rotatable bonds is 8. The second-order valence-electron chi connectivity index (χ2n) is 5.99. The number of unbranched alkanes of at least 4 members (excludes halogenated alkanes) is 1. The number of carbonyl (C=O) groups excluding carboxylic acids is 1. The summed E-state index contributed by atoms with van der Waals surface area (Å²) < 4.78 is 0. The summed E-state index contributed by atoms with van der Waals surface area (Å²) in [7, 11) is 0. The summed E-state index contributed by atoms with van der Waals surface area (Å²) in [4.78, 5) is 13.3. The topological polar surface area (TPSA) is 29.1 Å². The van der Waals surface area contributed by atoms with Crippen molar-refractivity contribution in [1.29, 1.82) is 0 Å². The fourth-order valence-electron chi connectivity index (χ4n) is 2.39. The molecule has 0 aliphatic heterocycles. The van der Waals surface area contributed by atoms with Gasteiger partial charge in [0.15, 0.2) is 0 Å². The number of nitrogens with one attached hydrogen (secondary N) is 1. The first-order chi connectivity index (χ1) is 10.5. The van der Waals surface area contributed by atoms with E-state index >= 15 is 0 Å². The lowest BCUT2D eigenvalue weighted by atomic mass is 10.0. The molecule has 1 aromatic rings. The van der Waals surface area contributed by atoms with Gasteiger partial charge in [-0.2, -0.15) is 0 Å². The Hall–Kier alpha value is -1.22. The van der Waals surface area contributed by atoms with Gasteiger partial charge in [0.25, 0.3) is 0 Å². The minimum Gasteiger partial charge on any atom is -0.352 e. The van der Waals surface area contributed by atoms with Crippen LogP contribution >= 0.6 is 11.8 Å². The van der Waals surface area contributed by atoms with E-state index in [4.69, 9.17) is 0 Å². The zero-order valence-corrected chi connectivity index (χ0v) is 15.3. The lowest BCUT2D eigenvalue weighted by Gasteiger charge is -2.12. The molecule has 22 heavy (non-hydrogen) atoms. The van der Waals surface area contributed by atoms with Gasteiger partial charge in [-0.3, -0.25) is 4.79 Å². The molecule has 1 aromatic carbocycles. The molecule has 0 saturated carbocycles. The molecule has 2 nitrogen and oxygen atoms in total. The first kappa shape index (κ1) is 18.8. The van der Waals surface area contributed by atoms with E-state index in [1.807, 2.05) is 6.92 Å². The average Bonchev–Trinajstić information content (AvgIpc) is 2.51. The fourth-order valence-corrected chi connectivity index (χ4v) is 3.17. The van der Waals surface area contributed by atoms with Gasteiger partial charge >= 0.3 is 0 Å². The van der Waals surface area contributed by atoms with Crippen LogP contribution in [0.2, 0.25) is 0 Å². The summed E-state index contributed by atoms with van der Waals surface area (Å²) in [6, 6.07) is 8.48. The van der Waals surface area contributed by atoms with Crippen molar-refractivity contribution in [2.24, 2.45) is 5.92 Å². The van der Waals surface area contributed by atoms with Crippen LogP contribution in [0.1, 0.15) is 58.1 Å². The van der Waals surface area contributed by atoms with Crippen LogP contribution in [-0.4, -0.2) is 12.2 Å². The van der Waals surface area contributed by atoms with Crippen LogP contribution in [0.5, 0.6) is 0 Å². The molecule has 0 spiro atoms. The normalized spacial score (nSPS) is 11.9. The number of carbonyl (C=O) groups is 1. The summed E-state index contributed by atoms with van der Waals surface area (Å²) in [5, 5.41) is 3.04. The van der Waals surface area contributed by atoms with Crippen LogP contribution < -0.4 is 5.32 Å². The second kappa shape index (κ2) is 9.73. The van der Waals surface area contributed by atoms with Crippen LogP contribution in [0.15, 0.2) is 29.8 Å². The largest absolute Gasteiger partial charge is 0.352 e. The Labute approximate surface area is 139 Å². The van der Waals surface area contributed by atoms with Gasteiger partial charge in [0.1, 0.15) is 0 Å². The third-order valence-electron chi connectivity index (χ3n) is 3.78. The van der Waals surface area contributed by atoms with Crippen LogP contribution in [0.4, 0.5) is 0 Å². The lowest BCUT2D eigenvalue weighted by molar-refractivity contribution is -0.124. The third kappa shape index (κ3) is 5.88. The van der Waals surface area contributed by atoms with Crippen molar-refractivity contribution in [3.05, 3.63) is 41.0 Å². The quantitative estimate of drug-likeness (QED) is 0.709. The van der Waals surface area contributed by atoms with Crippen molar-refractivity contribution in [3.63, 3.8) is 0 Å². The summed E-state index contributed by atoms with van der Waals surface area (Å²) >= 11 is 1.78. The van der Waals surface area contributed by atoms with Crippen molar-refractivity contribution in [3.8, 4) is 0 Å². The molecule has 1 atom stereocenters. The Morgan fingerprint density at radius 3 is 2.36 bits per heavy atom. The van der Waals surface area contributed by atoms with Gasteiger partial charge in [0.2, 0.25) is 5.91 Å². The maximum Gasteiger partial charge on any atom is 0.223 e. The predicted molar refractivity (Wildman–Crippen MR) is 98.8 cm³/mol. The molecular weight excluding hydrogens is 290 g/mol. The van der Waals surface area contributed by atoms with E-state index in [-0.39, 0.29) is 11.8 Å². The van der Waals surface area contributed by atoms with E-state index in [9.17, 15) is 4.79 Å². The molecule has 0 radical (unpaired) electrons. The van der Waals surface area contributed by atoms with Crippen molar-refractivity contribution in [2.75, 3.05) is 6.26 Å². The standard InChI is InChI=1S/C19H29NOS/c1-6-7-8-15(4)19(21)20-13-16-9-11-17(12-10-16)18(22-5)14(2)3/h9-12,15H,6-8,13H2,1-5H3,(H,20,21). The van der Waals surface area contributed by atoms with E-state index in [0.29, 0.717) is 6.54 Å². The number of amides is 1. The van der Waals surface area contributed by atoms with Gasteiger partial charge < -0.3 is 5.32 Å². The highest BCUT2D eigenvalue weighted by molar-refractivity contribution is 8.07. The fraction of sp³-hybridized carbons (Fsp3) is 0.526. The summed E-state index contributed by atoms with van der Waals surface area (Å²) in [5.74, 6) is 0.264. The third-order valence-corrected chi connectivity index (χ3v) is 4.83. The Balaban J connectivity index is 2.58. The molecule has 3 heteroatoms. The molecule has 0 aliphatic rings. The molecular formula is C19H29NOS. The van der Waals surface area contributed by atoms with E-state index < -0.39 is 0 Å². The lowest BCUT2D eigenvalue weighted by Crippen LogP contribution is -2.28. The number of allylic oxidation sites excluding steroid dienone is 1. The molecule has 0 aromatic heterocycles. The summed E-state index contributed by atoms with van der Waals surface area (Å²) in [5.41, 5.74) is 3.73. The van der Waals surface area contributed by atoms with Crippen LogP contribution in [0.3, 0.4) is 0 Å². The van der Waals surface area contributed by atoms with Crippen molar-refractivity contribution in [2.45, 2.75) is 53.5 Å². The Bertz CT molecular complexity index is 501. The molecule has 0 aliphatic carbocycles. The van der Waals surface area contributed by atoms with Gasteiger partial charge in [-0.05, 0) is 37.7 Å². The first-order valence-electron chi connectivity index (χ1n) is 8.08. The Kier molecular flexibility index (Phi) is 8.32. The molecule has 0 bridgehead atoms. The summed E-state index contributed by atoms with van der Waals surface area (Å²) in [6.45, 7) is 9.05. The number of thioether (sulfide) groups is 1. The van der Waals surface area contributed by atoms with Crippen molar-refractivity contribution < 1.29 is 4.79 Å². The zero-order chi connectivity index (χ0) is 16.5. The van der Waals surface area contributed by atoms with E-state index in [0.717, 1.165) is 24.8 Å². The highest BCUT2D eigenvalue weighted by atomic mass is 32.2. The average molecular weight is 320 g/mol. The minimum absolute atomic E-state index is 0.105. The van der Waals surface area contributed by atoms with Gasteiger partial charge in [-0.1, -0.05) is 56.5 Å². The number of hydrogen-bond acceptors (Lipinski definition) is 2. The van der Waals surface area contributed by atoms with Gasteiger partial charge in [-0.25, -0.2) is 0 Å². The molecule has 0 saturated heterocycles. The van der Waals surface area contributed by atoms with Crippen LogP contribution in [0, 0.1) is 5.92 Å². The first-order valence-corrected chi connectivity index (χ1v) is 9.30. The molecule has 122 valence electrons. The van der Waals surface area contributed by atoms with Crippen molar-refractivity contribution in [1.82, 2.24) is 5.32 Å². The monoisotopic (exact) mass is 319 g/mol. The van der Waals surface area contributed by atoms with Gasteiger partial charge in [0, 0.05) is 17.4 Å². The number of benzene rings is 1. The maximum absolute atomic E-state index is 12.0. The maximum atomic E-state index is 12.0. The predicted octanol–water partition coefficient (Wildman–Crippen LogP) is 5.24. The van der Waals surface area contributed by atoms with Gasteiger partial charge in [0.05, 0.1) is 0 Å². The molecule has 0 fully saturated rings. The van der Waals surface area contributed by atoms with E-state index in [1.54, 1.807) is 11.8 Å². The smallest absolute Gasteiger partial charge is 0.223 e. The highest BCUT2D eigenvalue weighted by Gasteiger charge is 2.11. The highest BCUT2D eigenvalue weighted by Crippen LogP contribution is 2.28. The summed E-state index contributed by atoms with van der Waals surface area (Å²) in [6.07, 6.45) is 5.33. The Morgan fingerprint density at radius 2 is 1.86 bits per heavy atom. The molecule has 1 unspecified atom stereocenters. The zero-order valence-electron chi connectivity index (χ0n) is 14.5. The molecule has 0 heterocycles. The number of hydrogen-bond donors (Lipinski definition) is 1. The van der Waals surface area contributed by atoms with Gasteiger partial charge in [-0.15, -0.1) is 11.8 Å². The molecule has 1 N–H and O–H groups in total. The molecule has 1 amide bonds. The molecule has 1 rings (SSSR count). The van der Waals surface area contributed by atoms with E-state index in [2.05, 4.69) is 56.6 Å². The Morgan fingerprint density at radius 1 is 1.23 bits per heavy atom. The van der Waals surface area contributed by atoms with Crippen LogP contribution in [0.25, 0.3) is 4.91 Å². The SMILES string of the molecule is CCCCC(C)C(=O)NCc1ccc(C(SC)=C(C)C)cc1.